The van der Waals surface area contributed by atoms with E-state index in [4.69, 9.17) is 4.74 Å². The van der Waals surface area contributed by atoms with Gasteiger partial charge in [-0.15, -0.1) is 0 Å². The second kappa shape index (κ2) is 4.84. The quantitative estimate of drug-likeness (QED) is 0.570. The molecule has 4 rings (SSSR count). The fraction of sp³-hybridized carbons (Fsp3) is 0.222. The zero-order valence-corrected chi connectivity index (χ0v) is 13.7. The number of nitrogens with zero attached hydrogens (tertiary/aromatic N) is 4. The zero-order chi connectivity index (χ0) is 16.1. The highest BCUT2D eigenvalue weighted by Crippen LogP contribution is 2.38. The molecule has 0 saturated heterocycles. The van der Waals surface area contributed by atoms with Gasteiger partial charge >= 0.3 is 0 Å². The number of ether oxygens (including phenoxy) is 1. The molecule has 0 amide bonds. The second-order valence-corrected chi connectivity index (χ2v) is 5.76. The topological polar surface area (TPSA) is 44.9 Å². The highest BCUT2D eigenvalue weighted by Gasteiger charge is 2.16. The maximum Gasteiger partial charge on any atom is 0.130 e. The number of hydrogen-bond donors (Lipinski definition) is 0. The Kier molecular flexibility index (Phi) is 2.91. The maximum absolute atomic E-state index is 5.64. The lowest BCUT2D eigenvalue weighted by atomic mass is 10.1. The monoisotopic (exact) mass is 306 g/mol. The molecule has 5 nitrogen and oxygen atoms in total. The number of fused-ring (bicyclic) bond motifs is 3. The molecular weight excluding hydrogens is 288 g/mol. The number of aryl methyl sites for hydroxylation is 3. The zero-order valence-electron chi connectivity index (χ0n) is 13.7. The Morgan fingerprint density at radius 3 is 2.57 bits per heavy atom. The van der Waals surface area contributed by atoms with E-state index in [1.54, 1.807) is 13.3 Å². The van der Waals surface area contributed by atoms with Gasteiger partial charge in [0.15, 0.2) is 0 Å². The fourth-order valence-corrected chi connectivity index (χ4v) is 3.39. The first kappa shape index (κ1) is 13.8. The number of methoxy groups -OCH3 is 1. The van der Waals surface area contributed by atoms with Crippen LogP contribution in [0.2, 0.25) is 0 Å². The average molecular weight is 306 g/mol. The molecule has 5 heteroatoms. The van der Waals surface area contributed by atoms with E-state index >= 15 is 0 Å². The van der Waals surface area contributed by atoms with Crippen LogP contribution in [0.15, 0.2) is 36.7 Å². The first-order chi connectivity index (χ1) is 11.1. The molecule has 0 saturated carbocycles. The highest BCUT2D eigenvalue weighted by atomic mass is 16.5. The van der Waals surface area contributed by atoms with Crippen molar-refractivity contribution >= 4 is 21.8 Å². The van der Waals surface area contributed by atoms with Crippen molar-refractivity contribution in [3.63, 3.8) is 0 Å². The molecule has 0 aliphatic heterocycles. The van der Waals surface area contributed by atoms with Gasteiger partial charge in [-0.1, -0.05) is 0 Å². The fourth-order valence-electron chi connectivity index (χ4n) is 3.39. The number of aromatic nitrogens is 4. The molecule has 0 N–H and O–H groups in total. The van der Waals surface area contributed by atoms with Gasteiger partial charge in [0, 0.05) is 48.9 Å². The van der Waals surface area contributed by atoms with E-state index in [1.807, 2.05) is 30.9 Å². The van der Waals surface area contributed by atoms with Crippen LogP contribution in [-0.4, -0.2) is 26.4 Å². The lowest BCUT2D eigenvalue weighted by Gasteiger charge is -2.10. The van der Waals surface area contributed by atoms with Crippen molar-refractivity contribution < 1.29 is 4.74 Å². The van der Waals surface area contributed by atoms with Gasteiger partial charge in [-0.3, -0.25) is 9.67 Å². The van der Waals surface area contributed by atoms with Crippen LogP contribution in [0, 0.1) is 6.92 Å². The van der Waals surface area contributed by atoms with Crippen LogP contribution in [0.3, 0.4) is 0 Å². The molecule has 0 fully saturated rings. The molecule has 23 heavy (non-hydrogen) atoms. The Balaban J connectivity index is 2.16. The van der Waals surface area contributed by atoms with Gasteiger partial charge in [0.2, 0.25) is 0 Å². The molecule has 4 aromatic rings. The van der Waals surface area contributed by atoms with Gasteiger partial charge in [-0.25, -0.2) is 0 Å². The van der Waals surface area contributed by atoms with Crippen molar-refractivity contribution in [1.82, 2.24) is 19.3 Å². The van der Waals surface area contributed by atoms with Crippen molar-refractivity contribution in [2.45, 2.75) is 6.92 Å². The van der Waals surface area contributed by atoms with Crippen molar-refractivity contribution in [3.05, 3.63) is 42.4 Å². The number of pyridine rings is 1. The SMILES string of the molecule is COc1cc2c(cc1-c1ccnn1C)c1ccnc(C)c1n2C. The molecule has 0 atom stereocenters. The van der Waals surface area contributed by atoms with Crippen LogP contribution >= 0.6 is 0 Å². The third kappa shape index (κ3) is 1.86. The summed E-state index contributed by atoms with van der Waals surface area (Å²) in [5, 5.41) is 6.68. The summed E-state index contributed by atoms with van der Waals surface area (Å²) in [6.45, 7) is 2.04. The normalized spacial score (nSPS) is 11.5. The third-order valence-corrected chi connectivity index (χ3v) is 4.51. The van der Waals surface area contributed by atoms with E-state index < -0.39 is 0 Å². The molecule has 0 spiro atoms. The minimum Gasteiger partial charge on any atom is -0.496 e. The number of rotatable bonds is 2. The molecule has 1 aromatic carbocycles. The summed E-state index contributed by atoms with van der Waals surface area (Å²) >= 11 is 0. The predicted octanol–water partition coefficient (Wildman–Crippen LogP) is 3.44. The predicted molar refractivity (Wildman–Crippen MR) is 91.7 cm³/mol. The van der Waals surface area contributed by atoms with Crippen LogP contribution < -0.4 is 4.74 Å². The van der Waals surface area contributed by atoms with Crippen LogP contribution in [0.5, 0.6) is 5.75 Å². The van der Waals surface area contributed by atoms with Gasteiger partial charge in [-0.2, -0.15) is 5.10 Å². The molecule has 0 aliphatic rings. The second-order valence-electron chi connectivity index (χ2n) is 5.76. The van der Waals surface area contributed by atoms with E-state index in [2.05, 4.69) is 39.9 Å². The van der Waals surface area contributed by atoms with Gasteiger partial charge in [-0.05, 0) is 25.1 Å². The van der Waals surface area contributed by atoms with E-state index in [-0.39, 0.29) is 0 Å². The molecule has 3 heterocycles. The number of benzene rings is 1. The third-order valence-electron chi connectivity index (χ3n) is 4.51. The van der Waals surface area contributed by atoms with Gasteiger partial charge in [0.05, 0.1) is 29.5 Å². The lowest BCUT2D eigenvalue weighted by Crippen LogP contribution is -1.96. The minimum absolute atomic E-state index is 0.845. The van der Waals surface area contributed by atoms with E-state index in [0.717, 1.165) is 33.7 Å². The Labute approximate surface area is 134 Å². The maximum atomic E-state index is 5.64. The molecule has 0 unspecified atom stereocenters. The lowest BCUT2D eigenvalue weighted by molar-refractivity contribution is 0.416. The minimum atomic E-state index is 0.845. The van der Waals surface area contributed by atoms with Crippen LogP contribution in [0.4, 0.5) is 0 Å². The highest BCUT2D eigenvalue weighted by molar-refractivity contribution is 6.10. The van der Waals surface area contributed by atoms with Crippen LogP contribution in [0.25, 0.3) is 33.1 Å². The summed E-state index contributed by atoms with van der Waals surface area (Å²) < 4.78 is 9.69. The molecule has 116 valence electrons. The van der Waals surface area contributed by atoms with Crippen molar-refractivity contribution in [2.24, 2.45) is 14.1 Å². The smallest absolute Gasteiger partial charge is 0.130 e. The molecule has 3 aromatic heterocycles. The Hall–Kier alpha value is -2.82. The van der Waals surface area contributed by atoms with Gasteiger partial charge < -0.3 is 9.30 Å². The summed E-state index contributed by atoms with van der Waals surface area (Å²) in [5.74, 6) is 0.845. The first-order valence-electron chi connectivity index (χ1n) is 7.52. The summed E-state index contributed by atoms with van der Waals surface area (Å²) in [5.41, 5.74) is 5.40. The van der Waals surface area contributed by atoms with E-state index in [1.165, 1.54) is 10.8 Å². The van der Waals surface area contributed by atoms with Crippen molar-refractivity contribution in [1.29, 1.82) is 0 Å². The summed E-state index contributed by atoms with van der Waals surface area (Å²) in [6.07, 6.45) is 3.67. The largest absolute Gasteiger partial charge is 0.496 e. The molecule has 0 aliphatic carbocycles. The van der Waals surface area contributed by atoms with E-state index in [9.17, 15) is 0 Å². The summed E-state index contributed by atoms with van der Waals surface area (Å²) in [7, 11) is 5.72. The standard InChI is InChI=1S/C18H18N4O/c1-11-18-12(5-7-19-11)13-9-14(15-6-8-20-22(15)3)17(23-4)10-16(13)21(18)2/h5-10H,1-4H3. The summed E-state index contributed by atoms with van der Waals surface area (Å²) in [4.78, 5) is 4.43. The van der Waals surface area contributed by atoms with Crippen LogP contribution in [-0.2, 0) is 14.1 Å². The number of hydrogen-bond acceptors (Lipinski definition) is 3. The molecule has 0 bridgehead atoms. The van der Waals surface area contributed by atoms with E-state index in [0.29, 0.717) is 0 Å². The van der Waals surface area contributed by atoms with Gasteiger partial charge in [0.25, 0.3) is 0 Å². The first-order valence-corrected chi connectivity index (χ1v) is 7.52. The Bertz CT molecular complexity index is 1040. The summed E-state index contributed by atoms with van der Waals surface area (Å²) in [6, 6.07) is 8.36. The molecular formula is C18H18N4O. The Morgan fingerprint density at radius 1 is 1.04 bits per heavy atom. The van der Waals surface area contributed by atoms with Crippen LogP contribution in [0.1, 0.15) is 5.69 Å². The average Bonchev–Trinajstić information content (AvgIpc) is 3.09. The van der Waals surface area contributed by atoms with Crippen molar-refractivity contribution in [2.75, 3.05) is 7.11 Å². The Morgan fingerprint density at radius 2 is 1.87 bits per heavy atom. The van der Waals surface area contributed by atoms with Gasteiger partial charge in [0.1, 0.15) is 5.75 Å². The molecule has 0 radical (unpaired) electrons. The van der Waals surface area contributed by atoms with Crippen molar-refractivity contribution in [3.8, 4) is 17.0 Å².